The number of hydrogen-bond acceptors (Lipinski definition) is 12. The van der Waals surface area contributed by atoms with Gasteiger partial charge in [-0.05, 0) is 25.7 Å². The molecule has 0 unspecified atom stereocenters. The maximum atomic E-state index is 13.4. The van der Waals surface area contributed by atoms with Gasteiger partial charge in [-0.3, -0.25) is 40.5 Å². The van der Waals surface area contributed by atoms with Gasteiger partial charge in [-0.15, -0.1) is 0 Å². The Morgan fingerprint density at radius 3 is 0.397 bits per heavy atom. The van der Waals surface area contributed by atoms with Crippen LogP contribution in [0.2, 0.25) is 0 Å². The summed E-state index contributed by atoms with van der Waals surface area (Å²) in [5.74, 6) is 1.51. The smallest absolute Gasteiger partial charge is 0.270 e. The highest BCUT2D eigenvalue weighted by atomic mass is 16.6. The molecule has 16 nitrogen and oxygen atoms in total. The molecule has 0 spiro atoms. The second kappa shape index (κ2) is 66.5. The van der Waals surface area contributed by atoms with E-state index in [1.165, 1.54) is 357 Å². The van der Waals surface area contributed by atoms with Crippen molar-refractivity contribution in [2.24, 2.45) is 0 Å². The van der Waals surface area contributed by atoms with Crippen LogP contribution in [0.3, 0.4) is 0 Å². The van der Waals surface area contributed by atoms with Crippen molar-refractivity contribution >= 4 is 22.7 Å². The van der Waals surface area contributed by atoms with Gasteiger partial charge in [0.15, 0.2) is 0 Å². The molecule has 8 bridgehead atoms. The van der Waals surface area contributed by atoms with Gasteiger partial charge >= 0.3 is 0 Å². The highest BCUT2D eigenvalue weighted by molar-refractivity contribution is 5.62. The highest BCUT2D eigenvalue weighted by Gasteiger charge is 2.30. The number of nitrogens with zero attached hydrogens (tertiary/aromatic N) is 4. The lowest BCUT2D eigenvalue weighted by molar-refractivity contribution is -0.385. The minimum Gasteiger partial charge on any atom is -0.493 e. The summed E-state index contributed by atoms with van der Waals surface area (Å²) < 4.78 is 27.9. The van der Waals surface area contributed by atoms with Gasteiger partial charge in [0.05, 0.1) is 46.1 Å². The van der Waals surface area contributed by atoms with Gasteiger partial charge in [0.1, 0.15) is 23.0 Å². The quantitative estimate of drug-likeness (QED) is 0.0202. The molecule has 116 heavy (non-hydrogen) atoms. The molecule has 656 valence electrons. The molecule has 4 aromatic carbocycles. The fraction of sp³-hybridized carbons (Fsp3) is 0.760. The van der Waals surface area contributed by atoms with Crippen LogP contribution in [0.25, 0.3) is 0 Å². The van der Waals surface area contributed by atoms with Crippen molar-refractivity contribution < 1.29 is 38.6 Å². The average Bonchev–Trinajstić information content (AvgIpc) is 0.774. The summed E-state index contributed by atoms with van der Waals surface area (Å²) in [5.41, 5.74) is 2.44. The van der Waals surface area contributed by atoms with Crippen LogP contribution in [0.15, 0.2) is 48.5 Å². The molecular weight excluding hydrogens is 1450 g/mol. The number of unbranched alkanes of at least 4 members (excludes halogenated alkanes) is 60. The Bertz CT molecular complexity index is 2730. The van der Waals surface area contributed by atoms with E-state index in [0.29, 0.717) is 93.2 Å². The van der Waals surface area contributed by atoms with Crippen LogP contribution in [0.4, 0.5) is 22.7 Å². The first kappa shape index (κ1) is 100. The van der Waals surface area contributed by atoms with Gasteiger partial charge in [0.2, 0.25) is 0 Å². The van der Waals surface area contributed by atoms with E-state index >= 15 is 0 Å². The van der Waals surface area contributed by atoms with E-state index in [1.807, 2.05) is 0 Å². The largest absolute Gasteiger partial charge is 0.493 e. The predicted octanol–water partition coefficient (Wildman–Crippen LogP) is 32.6. The Labute approximate surface area is 704 Å². The number of ether oxygens (including phenoxy) is 4. The number of nitro benzene ring substituents is 4. The van der Waals surface area contributed by atoms with Crippen molar-refractivity contribution in [1.29, 1.82) is 0 Å². The average molecular weight is 1610 g/mol. The predicted molar refractivity (Wildman–Crippen MR) is 484 cm³/mol. The maximum absolute atomic E-state index is 13.4. The van der Waals surface area contributed by atoms with Crippen LogP contribution in [-0.2, 0) is 25.7 Å². The molecule has 0 N–H and O–H groups in total. The van der Waals surface area contributed by atoms with Crippen molar-refractivity contribution in [3.63, 3.8) is 0 Å². The fourth-order valence-corrected chi connectivity index (χ4v) is 17.3. The molecule has 0 radical (unpaired) electrons. The number of non-ortho nitro benzene ring substituents is 4. The lowest BCUT2D eigenvalue weighted by Gasteiger charge is -2.23. The molecule has 0 fully saturated rings. The van der Waals surface area contributed by atoms with Crippen LogP contribution in [0, 0.1) is 40.5 Å². The monoisotopic (exact) mass is 1610 g/mol. The molecule has 0 atom stereocenters. The zero-order valence-electron chi connectivity index (χ0n) is 74.2. The second-order valence-corrected chi connectivity index (χ2v) is 34.7. The summed E-state index contributed by atoms with van der Waals surface area (Å²) in [7, 11) is 0. The molecule has 1 aliphatic carbocycles. The minimum absolute atomic E-state index is 0.0719. The van der Waals surface area contributed by atoms with E-state index in [9.17, 15) is 40.5 Å². The molecule has 1 aliphatic rings. The first-order valence-corrected chi connectivity index (χ1v) is 48.6. The Hall–Kier alpha value is -6.32. The van der Waals surface area contributed by atoms with Crippen LogP contribution in [-0.4, -0.2) is 46.1 Å². The molecule has 4 aromatic rings. The summed E-state index contributed by atoms with van der Waals surface area (Å²) in [4.78, 5) is 51.8. The van der Waals surface area contributed by atoms with Gasteiger partial charge in [-0.25, -0.2) is 0 Å². The summed E-state index contributed by atoms with van der Waals surface area (Å²) in [6.07, 6.45) is 77.2. The molecule has 0 saturated carbocycles. The standard InChI is InChI=1S/C100H164N4O12/c1-5-9-13-17-21-25-29-33-37-41-45-49-53-57-61-65-69-113-97-85-73-87-79-94(102(107)108)81-89(98(87)114-70-66-62-58-54-50-46-42-38-34-30-26-22-18-14-10-6-2)75-91-83-96(104(111)112)84-92(100(91)116-72-68-64-60-56-52-48-44-40-36-32-28-24-20-16-12-8-4)76-90-82-95(103(109)110)80-88(74-86(97)78-93(77-85)101(105)106)99(90)115-71-67-63-59-55-51-47-43-39-35-31-27-23-19-15-11-7-3/h77-84H,5-76H2,1-4H3. The molecule has 0 aromatic heterocycles. The SMILES string of the molecule is CCCCCCCCCCCCCCCCCCOc1c2cc([N+](=O)[O-])cc1Cc1cc([N+](=O)[O-])cc(c1OCCCCCCCCCCCCCCCCCC)Cc1cc([N+](=O)[O-])cc(c1OCCCCCCCCCCCCCCCCCC)Cc1cc([N+](=O)[O-])cc(c1OCCCCCCCCCCCCCCCCCC)C2. The van der Waals surface area contributed by atoms with E-state index in [-0.39, 0.29) is 74.9 Å². The Morgan fingerprint density at radius 1 is 0.190 bits per heavy atom. The fourth-order valence-electron chi connectivity index (χ4n) is 17.3. The Balaban J connectivity index is 1.50. The molecule has 0 saturated heterocycles. The van der Waals surface area contributed by atoms with E-state index in [2.05, 4.69) is 27.7 Å². The van der Waals surface area contributed by atoms with E-state index < -0.39 is 19.7 Å². The van der Waals surface area contributed by atoms with Crippen molar-refractivity contribution in [3.8, 4) is 23.0 Å². The van der Waals surface area contributed by atoms with Crippen molar-refractivity contribution in [1.82, 2.24) is 0 Å². The van der Waals surface area contributed by atoms with Gasteiger partial charge in [0.25, 0.3) is 22.7 Å². The maximum Gasteiger partial charge on any atom is 0.270 e. The molecule has 0 aliphatic heterocycles. The second-order valence-electron chi connectivity index (χ2n) is 34.7. The highest BCUT2D eigenvalue weighted by Crippen LogP contribution is 2.44. The third-order valence-electron chi connectivity index (χ3n) is 24.3. The minimum atomic E-state index is -0.438. The van der Waals surface area contributed by atoms with E-state index in [0.717, 1.165) is 77.0 Å². The van der Waals surface area contributed by atoms with E-state index in [4.69, 9.17) is 18.9 Å². The Morgan fingerprint density at radius 2 is 0.293 bits per heavy atom. The third kappa shape index (κ3) is 44.6. The van der Waals surface area contributed by atoms with Crippen molar-refractivity contribution in [2.75, 3.05) is 26.4 Å². The molecular formula is C100H164N4O12. The molecule has 16 heteroatoms. The summed E-state index contributed by atoms with van der Waals surface area (Å²) in [6.45, 7) is 10.2. The lowest BCUT2D eigenvalue weighted by atomic mass is 9.90. The van der Waals surface area contributed by atoms with E-state index in [1.54, 1.807) is 0 Å². The number of rotatable bonds is 76. The summed E-state index contributed by atoms with van der Waals surface area (Å²) in [6, 6.07) is 12.0. The van der Waals surface area contributed by atoms with Gasteiger partial charge in [-0.2, -0.15) is 0 Å². The molecule has 0 heterocycles. The number of benzene rings is 4. The first-order valence-electron chi connectivity index (χ1n) is 48.6. The van der Waals surface area contributed by atoms with Crippen LogP contribution < -0.4 is 18.9 Å². The van der Waals surface area contributed by atoms with Crippen LogP contribution >= 0.6 is 0 Å². The number of nitro groups is 4. The summed E-state index contributed by atoms with van der Waals surface area (Å²) in [5, 5.41) is 53.6. The molecule has 0 amide bonds. The molecule has 5 rings (SSSR count). The summed E-state index contributed by atoms with van der Waals surface area (Å²) >= 11 is 0. The topological polar surface area (TPSA) is 209 Å². The van der Waals surface area contributed by atoms with Crippen LogP contribution in [0.5, 0.6) is 23.0 Å². The number of fused-ring (bicyclic) bond motifs is 8. The first-order chi connectivity index (χ1) is 56.9. The Kier molecular flexibility index (Phi) is 57.4. The van der Waals surface area contributed by atoms with Gasteiger partial charge in [-0.1, -0.05) is 413 Å². The zero-order valence-corrected chi connectivity index (χ0v) is 74.2. The van der Waals surface area contributed by atoms with Crippen LogP contribution in [0.1, 0.15) is 483 Å². The van der Waals surface area contributed by atoms with Crippen molar-refractivity contribution in [3.05, 3.63) is 133 Å². The van der Waals surface area contributed by atoms with Gasteiger partial charge < -0.3 is 18.9 Å². The lowest BCUT2D eigenvalue weighted by Crippen LogP contribution is -2.12. The number of hydrogen-bond donors (Lipinski definition) is 0. The van der Waals surface area contributed by atoms with Gasteiger partial charge in [0, 0.05) is 119 Å². The third-order valence-corrected chi connectivity index (χ3v) is 24.3. The zero-order chi connectivity index (χ0) is 82.9. The normalized spacial score (nSPS) is 12.0. The van der Waals surface area contributed by atoms with Crippen molar-refractivity contribution in [2.45, 2.75) is 464 Å².